The van der Waals surface area contributed by atoms with E-state index in [0.717, 1.165) is 47.3 Å². The van der Waals surface area contributed by atoms with Crippen LogP contribution >= 0.6 is 0 Å². The molecule has 1 aliphatic heterocycles. The van der Waals surface area contributed by atoms with Gasteiger partial charge in [-0.2, -0.15) is 0 Å². The van der Waals surface area contributed by atoms with Crippen LogP contribution in [0.4, 0.5) is 0 Å². The number of hydrogen-bond acceptors (Lipinski definition) is 3. The van der Waals surface area contributed by atoms with Gasteiger partial charge in [-0.3, -0.25) is 4.79 Å². The molecule has 2 heterocycles. The summed E-state index contributed by atoms with van der Waals surface area (Å²) >= 11 is 0. The molecule has 138 valence electrons. The van der Waals surface area contributed by atoms with Crippen LogP contribution < -0.4 is 0 Å². The van der Waals surface area contributed by atoms with Gasteiger partial charge in [0.05, 0.1) is 30.9 Å². The Balaban J connectivity index is 1.49. The third-order valence-electron chi connectivity index (χ3n) is 5.16. The normalized spacial score (nSPS) is 16.6. The lowest BCUT2D eigenvalue weighted by atomic mass is 10.0. The van der Waals surface area contributed by atoms with Crippen molar-refractivity contribution in [3.8, 4) is 22.4 Å². The summed E-state index contributed by atoms with van der Waals surface area (Å²) < 4.78 is 5.26. The van der Waals surface area contributed by atoms with E-state index in [1.807, 2.05) is 35.4 Å². The zero-order valence-electron chi connectivity index (χ0n) is 15.4. The lowest BCUT2D eigenvalue weighted by Crippen LogP contribution is -2.38. The van der Waals surface area contributed by atoms with Gasteiger partial charge >= 0.3 is 0 Å². The number of rotatable bonds is 5. The fourth-order valence-electron chi connectivity index (χ4n) is 3.70. The van der Waals surface area contributed by atoms with E-state index in [9.17, 15) is 4.79 Å². The Kier molecular flexibility index (Phi) is 5.03. The number of aromatic amines is 1. The van der Waals surface area contributed by atoms with Crippen molar-refractivity contribution in [1.82, 2.24) is 14.9 Å². The molecule has 1 N–H and O–H groups in total. The van der Waals surface area contributed by atoms with Crippen LogP contribution in [0.5, 0.6) is 0 Å². The maximum atomic E-state index is 12.8. The van der Waals surface area contributed by atoms with Crippen molar-refractivity contribution >= 4 is 5.91 Å². The second-order valence-electron chi connectivity index (χ2n) is 6.87. The summed E-state index contributed by atoms with van der Waals surface area (Å²) in [6.07, 6.45) is 5.54. The second kappa shape index (κ2) is 7.76. The zero-order valence-corrected chi connectivity index (χ0v) is 15.4. The van der Waals surface area contributed by atoms with E-state index in [1.165, 1.54) is 0 Å². The molecule has 1 fully saturated rings. The molecule has 0 aliphatic carbocycles. The first kappa shape index (κ1) is 17.5. The van der Waals surface area contributed by atoms with Gasteiger partial charge in [-0.15, -0.1) is 0 Å². The molecular formula is C22H23N3O2. The highest BCUT2D eigenvalue weighted by atomic mass is 16.5. The lowest BCUT2D eigenvalue weighted by molar-refractivity contribution is 0.0630. The van der Waals surface area contributed by atoms with Gasteiger partial charge in [-0.05, 0) is 41.7 Å². The molecule has 27 heavy (non-hydrogen) atoms. The Hall–Kier alpha value is -2.92. The van der Waals surface area contributed by atoms with Crippen LogP contribution in [0.1, 0.15) is 23.2 Å². The van der Waals surface area contributed by atoms with Gasteiger partial charge in [0.2, 0.25) is 0 Å². The Labute approximate surface area is 159 Å². The topological polar surface area (TPSA) is 58.2 Å². The van der Waals surface area contributed by atoms with E-state index in [0.29, 0.717) is 6.61 Å². The molecule has 5 nitrogen and oxygen atoms in total. The van der Waals surface area contributed by atoms with Gasteiger partial charge < -0.3 is 14.6 Å². The van der Waals surface area contributed by atoms with Crippen LogP contribution in [0.15, 0.2) is 61.1 Å². The van der Waals surface area contributed by atoms with Crippen LogP contribution in [0.25, 0.3) is 22.4 Å². The van der Waals surface area contributed by atoms with Gasteiger partial charge in [0.25, 0.3) is 5.91 Å². The van der Waals surface area contributed by atoms with E-state index in [2.05, 4.69) is 34.2 Å². The molecule has 5 heteroatoms. The monoisotopic (exact) mass is 361 g/mol. The molecule has 0 radical (unpaired) electrons. The number of carbonyl (C=O) groups is 1. The molecule has 4 rings (SSSR count). The van der Waals surface area contributed by atoms with Crippen LogP contribution in [-0.4, -0.2) is 47.1 Å². The second-order valence-corrected chi connectivity index (χ2v) is 6.87. The highest BCUT2D eigenvalue weighted by molar-refractivity contribution is 5.95. The number of amides is 1. The predicted molar refractivity (Wildman–Crippen MR) is 105 cm³/mol. The average Bonchev–Trinajstić information content (AvgIpc) is 3.40. The van der Waals surface area contributed by atoms with Crippen LogP contribution in [0.2, 0.25) is 0 Å². The van der Waals surface area contributed by atoms with Gasteiger partial charge in [0.15, 0.2) is 0 Å². The molecular weight excluding hydrogens is 338 g/mol. The molecule has 1 aliphatic rings. The Morgan fingerprint density at radius 2 is 1.78 bits per heavy atom. The van der Waals surface area contributed by atoms with Crippen molar-refractivity contribution in [1.29, 1.82) is 0 Å². The van der Waals surface area contributed by atoms with Crippen LogP contribution in [0, 0.1) is 0 Å². The minimum absolute atomic E-state index is 0.0932. The van der Waals surface area contributed by atoms with E-state index in [1.54, 1.807) is 13.4 Å². The standard InChI is InChI=1S/C22H23N3O2/c1-27-14-20-3-2-12-25(20)22(26)19-10-6-17(7-11-19)16-4-8-18(9-5-16)21-13-23-15-24-21/h4-11,13,15,20H,2-3,12,14H2,1H3,(H,23,24)/t20-/m0/s1. The van der Waals surface area contributed by atoms with E-state index in [4.69, 9.17) is 4.74 Å². The fraction of sp³-hybridized carbons (Fsp3) is 0.273. The van der Waals surface area contributed by atoms with Crippen LogP contribution in [0.3, 0.4) is 0 Å². The highest BCUT2D eigenvalue weighted by Crippen LogP contribution is 2.25. The van der Waals surface area contributed by atoms with Crippen molar-refractivity contribution in [2.45, 2.75) is 18.9 Å². The average molecular weight is 361 g/mol. The van der Waals surface area contributed by atoms with Crippen molar-refractivity contribution in [3.05, 3.63) is 66.6 Å². The third-order valence-corrected chi connectivity index (χ3v) is 5.16. The number of ether oxygens (including phenoxy) is 1. The van der Waals surface area contributed by atoms with Crippen molar-refractivity contribution < 1.29 is 9.53 Å². The largest absolute Gasteiger partial charge is 0.383 e. The SMILES string of the molecule is COC[C@@H]1CCCN1C(=O)c1ccc(-c2ccc(-c3cnc[nH]3)cc2)cc1. The summed E-state index contributed by atoms with van der Waals surface area (Å²) in [4.78, 5) is 21.9. The molecule has 0 unspecified atom stereocenters. The highest BCUT2D eigenvalue weighted by Gasteiger charge is 2.29. The molecule has 0 bridgehead atoms. The first-order valence-corrected chi connectivity index (χ1v) is 9.25. The van der Waals surface area contributed by atoms with Crippen molar-refractivity contribution in [2.24, 2.45) is 0 Å². The summed E-state index contributed by atoms with van der Waals surface area (Å²) in [5, 5.41) is 0. The number of hydrogen-bond donors (Lipinski definition) is 1. The summed E-state index contributed by atoms with van der Waals surface area (Å²) in [5.41, 5.74) is 5.05. The van der Waals surface area contributed by atoms with Gasteiger partial charge in [-0.1, -0.05) is 36.4 Å². The van der Waals surface area contributed by atoms with Crippen LogP contribution in [-0.2, 0) is 4.74 Å². The number of nitrogens with zero attached hydrogens (tertiary/aromatic N) is 2. The molecule has 2 aromatic carbocycles. The predicted octanol–water partition coefficient (Wildman–Crippen LogP) is 3.99. The first-order valence-electron chi connectivity index (χ1n) is 9.25. The van der Waals surface area contributed by atoms with Gasteiger partial charge in [0, 0.05) is 19.2 Å². The number of aromatic nitrogens is 2. The number of imidazole rings is 1. The maximum Gasteiger partial charge on any atom is 0.254 e. The minimum atomic E-state index is 0.0932. The summed E-state index contributed by atoms with van der Waals surface area (Å²) in [6.45, 7) is 1.41. The molecule has 1 aromatic heterocycles. The maximum absolute atomic E-state index is 12.8. The molecule has 0 saturated carbocycles. The van der Waals surface area contributed by atoms with Crippen molar-refractivity contribution in [3.63, 3.8) is 0 Å². The molecule has 0 spiro atoms. The van der Waals surface area contributed by atoms with Gasteiger partial charge in [0.1, 0.15) is 0 Å². The van der Waals surface area contributed by atoms with E-state index in [-0.39, 0.29) is 11.9 Å². The number of carbonyl (C=O) groups excluding carboxylic acids is 1. The quantitative estimate of drug-likeness (QED) is 0.747. The zero-order chi connectivity index (χ0) is 18.6. The Morgan fingerprint density at radius 1 is 1.11 bits per heavy atom. The Bertz CT molecular complexity index is 886. The first-order chi connectivity index (χ1) is 13.3. The number of likely N-dealkylation sites (tertiary alicyclic amines) is 1. The smallest absolute Gasteiger partial charge is 0.254 e. The molecule has 1 amide bonds. The Morgan fingerprint density at radius 3 is 2.41 bits per heavy atom. The van der Waals surface area contributed by atoms with E-state index < -0.39 is 0 Å². The number of benzene rings is 2. The van der Waals surface area contributed by atoms with E-state index >= 15 is 0 Å². The number of methoxy groups -OCH3 is 1. The number of H-pyrrole nitrogens is 1. The number of nitrogens with one attached hydrogen (secondary N) is 1. The third kappa shape index (κ3) is 3.64. The molecule has 3 aromatic rings. The molecule has 1 saturated heterocycles. The lowest BCUT2D eigenvalue weighted by Gasteiger charge is -2.24. The summed E-state index contributed by atoms with van der Waals surface area (Å²) in [5.74, 6) is 0.0932. The summed E-state index contributed by atoms with van der Waals surface area (Å²) in [6, 6.07) is 16.4. The fourth-order valence-corrected chi connectivity index (χ4v) is 3.70. The van der Waals surface area contributed by atoms with Gasteiger partial charge in [-0.25, -0.2) is 4.98 Å². The van der Waals surface area contributed by atoms with Crippen molar-refractivity contribution in [2.75, 3.05) is 20.3 Å². The molecule has 1 atom stereocenters. The summed E-state index contributed by atoms with van der Waals surface area (Å²) in [7, 11) is 1.69. The minimum Gasteiger partial charge on any atom is -0.383 e.